The summed E-state index contributed by atoms with van der Waals surface area (Å²) in [5.74, 6) is 1.47. The van der Waals surface area contributed by atoms with Gasteiger partial charge in [-0.2, -0.15) is 5.10 Å². The lowest BCUT2D eigenvalue weighted by atomic mass is 9.87. The van der Waals surface area contributed by atoms with E-state index in [0.29, 0.717) is 11.9 Å². The van der Waals surface area contributed by atoms with Gasteiger partial charge in [0.15, 0.2) is 5.82 Å². The molecule has 1 saturated carbocycles. The average molecular weight is 195 g/mol. The summed E-state index contributed by atoms with van der Waals surface area (Å²) in [6.07, 6.45) is 6.44. The molecule has 0 bridgehead atoms. The molecule has 0 aliphatic heterocycles. The minimum Gasteiger partial charge on any atom is -0.388 e. The zero-order valence-corrected chi connectivity index (χ0v) is 8.56. The van der Waals surface area contributed by atoms with Crippen molar-refractivity contribution in [2.24, 2.45) is 5.92 Å². The molecule has 2 atom stereocenters. The first-order valence-electron chi connectivity index (χ1n) is 5.30. The number of nitrogens with zero attached hydrogens (tertiary/aromatic N) is 3. The monoisotopic (exact) mass is 195 g/mol. The zero-order valence-electron chi connectivity index (χ0n) is 8.56. The Morgan fingerprint density at radius 3 is 3.14 bits per heavy atom. The Kier molecular flexibility index (Phi) is 2.82. The summed E-state index contributed by atoms with van der Waals surface area (Å²) in [5, 5.41) is 13.3. The van der Waals surface area contributed by atoms with Crippen molar-refractivity contribution in [1.82, 2.24) is 14.8 Å². The second kappa shape index (κ2) is 4.09. The summed E-state index contributed by atoms with van der Waals surface area (Å²) in [6, 6.07) is 0.448. The van der Waals surface area contributed by atoms with Crippen molar-refractivity contribution in [3.63, 3.8) is 0 Å². The van der Waals surface area contributed by atoms with E-state index in [1.165, 1.54) is 25.6 Å². The van der Waals surface area contributed by atoms with Crippen LogP contribution in [0.2, 0.25) is 0 Å². The lowest BCUT2D eigenvalue weighted by molar-refractivity contribution is 0.225. The van der Waals surface area contributed by atoms with Crippen molar-refractivity contribution < 1.29 is 5.11 Å². The number of hydrogen-bond donors (Lipinski definition) is 1. The normalized spacial score (nSPS) is 27.9. The maximum absolute atomic E-state index is 9.08. The lowest BCUT2D eigenvalue weighted by Crippen LogP contribution is -2.20. The van der Waals surface area contributed by atoms with E-state index in [9.17, 15) is 0 Å². The topological polar surface area (TPSA) is 50.9 Å². The Hall–Kier alpha value is -0.900. The van der Waals surface area contributed by atoms with E-state index >= 15 is 0 Å². The maximum Gasteiger partial charge on any atom is 0.152 e. The Morgan fingerprint density at radius 1 is 1.57 bits per heavy atom. The van der Waals surface area contributed by atoms with Crippen molar-refractivity contribution >= 4 is 0 Å². The molecule has 1 heterocycles. The standard InChI is InChI=1S/C10H17N3O/c1-8-3-2-4-9(5-8)13-10(6-14)11-7-12-13/h7-9,14H,2-6H2,1H3. The molecule has 0 radical (unpaired) electrons. The summed E-state index contributed by atoms with van der Waals surface area (Å²) < 4.78 is 1.90. The summed E-state index contributed by atoms with van der Waals surface area (Å²) in [5.41, 5.74) is 0. The van der Waals surface area contributed by atoms with Crippen LogP contribution in [0, 0.1) is 5.92 Å². The lowest BCUT2D eigenvalue weighted by Gasteiger charge is -2.27. The number of rotatable bonds is 2. The van der Waals surface area contributed by atoms with Crippen molar-refractivity contribution in [3.8, 4) is 0 Å². The fraction of sp³-hybridized carbons (Fsp3) is 0.800. The Balaban J connectivity index is 2.13. The van der Waals surface area contributed by atoms with Gasteiger partial charge in [0.25, 0.3) is 0 Å². The molecule has 1 aliphatic carbocycles. The van der Waals surface area contributed by atoms with E-state index in [1.54, 1.807) is 0 Å². The summed E-state index contributed by atoms with van der Waals surface area (Å²) in [7, 11) is 0. The molecule has 2 rings (SSSR count). The molecule has 0 saturated heterocycles. The SMILES string of the molecule is CC1CCCC(n2ncnc2CO)C1. The molecular weight excluding hydrogens is 178 g/mol. The smallest absolute Gasteiger partial charge is 0.152 e. The molecule has 1 fully saturated rings. The summed E-state index contributed by atoms with van der Waals surface area (Å²) >= 11 is 0. The van der Waals surface area contributed by atoms with Gasteiger partial charge in [0.2, 0.25) is 0 Å². The highest BCUT2D eigenvalue weighted by molar-refractivity contribution is 4.87. The van der Waals surface area contributed by atoms with Gasteiger partial charge in [0.1, 0.15) is 12.9 Å². The highest BCUT2D eigenvalue weighted by Gasteiger charge is 2.22. The van der Waals surface area contributed by atoms with Crippen LogP contribution in [0.3, 0.4) is 0 Å². The first kappa shape index (κ1) is 9.65. The first-order chi connectivity index (χ1) is 6.81. The van der Waals surface area contributed by atoms with E-state index in [-0.39, 0.29) is 6.61 Å². The van der Waals surface area contributed by atoms with E-state index in [0.717, 1.165) is 12.3 Å². The minimum absolute atomic E-state index is 0.00905. The number of hydrogen-bond acceptors (Lipinski definition) is 3. The molecule has 0 aromatic carbocycles. The molecule has 78 valence electrons. The van der Waals surface area contributed by atoms with Crippen molar-refractivity contribution in [2.75, 3.05) is 0 Å². The molecule has 14 heavy (non-hydrogen) atoms. The molecule has 0 amide bonds. The predicted octanol–water partition coefficient (Wildman–Crippen LogP) is 1.52. The quantitative estimate of drug-likeness (QED) is 0.778. The molecule has 2 unspecified atom stereocenters. The highest BCUT2D eigenvalue weighted by atomic mass is 16.3. The molecule has 1 aliphatic rings. The van der Waals surface area contributed by atoms with Gasteiger partial charge in [-0.05, 0) is 18.8 Å². The van der Waals surface area contributed by atoms with Crippen LogP contribution in [-0.2, 0) is 6.61 Å². The third-order valence-corrected chi connectivity index (χ3v) is 3.04. The molecule has 4 nitrogen and oxygen atoms in total. The summed E-state index contributed by atoms with van der Waals surface area (Å²) in [4.78, 5) is 4.04. The van der Waals surface area contributed by atoms with Gasteiger partial charge in [-0.3, -0.25) is 0 Å². The number of aromatic nitrogens is 3. The van der Waals surface area contributed by atoms with Crippen molar-refractivity contribution in [2.45, 2.75) is 45.3 Å². The molecule has 0 spiro atoms. The van der Waals surface area contributed by atoms with Gasteiger partial charge in [0.05, 0.1) is 6.04 Å². The molecule has 4 heteroatoms. The van der Waals surface area contributed by atoms with Gasteiger partial charge in [-0.25, -0.2) is 9.67 Å². The van der Waals surface area contributed by atoms with E-state index in [4.69, 9.17) is 5.11 Å². The third-order valence-electron chi connectivity index (χ3n) is 3.04. The van der Waals surface area contributed by atoms with Crippen LogP contribution in [0.1, 0.15) is 44.5 Å². The number of aliphatic hydroxyl groups excluding tert-OH is 1. The van der Waals surface area contributed by atoms with Gasteiger partial charge < -0.3 is 5.11 Å². The van der Waals surface area contributed by atoms with E-state index < -0.39 is 0 Å². The largest absolute Gasteiger partial charge is 0.388 e. The molecule has 1 N–H and O–H groups in total. The number of aliphatic hydroxyl groups is 1. The van der Waals surface area contributed by atoms with Crippen LogP contribution in [-0.4, -0.2) is 19.9 Å². The average Bonchev–Trinajstić information content (AvgIpc) is 2.65. The van der Waals surface area contributed by atoms with Crippen LogP contribution in [0.25, 0.3) is 0 Å². The Morgan fingerprint density at radius 2 is 2.43 bits per heavy atom. The first-order valence-corrected chi connectivity index (χ1v) is 5.30. The predicted molar refractivity (Wildman–Crippen MR) is 52.6 cm³/mol. The fourth-order valence-electron chi connectivity index (χ4n) is 2.32. The zero-order chi connectivity index (χ0) is 9.97. The van der Waals surface area contributed by atoms with Crippen LogP contribution in [0.15, 0.2) is 6.33 Å². The van der Waals surface area contributed by atoms with Gasteiger partial charge in [0, 0.05) is 0 Å². The van der Waals surface area contributed by atoms with E-state index in [2.05, 4.69) is 17.0 Å². The highest BCUT2D eigenvalue weighted by Crippen LogP contribution is 2.31. The maximum atomic E-state index is 9.08. The van der Waals surface area contributed by atoms with Crippen molar-refractivity contribution in [3.05, 3.63) is 12.2 Å². The summed E-state index contributed by atoms with van der Waals surface area (Å²) in [6.45, 7) is 2.27. The molecule has 1 aromatic rings. The fourth-order valence-corrected chi connectivity index (χ4v) is 2.32. The van der Waals surface area contributed by atoms with Crippen LogP contribution in [0.4, 0.5) is 0 Å². The van der Waals surface area contributed by atoms with Crippen LogP contribution in [0.5, 0.6) is 0 Å². The Labute approximate surface area is 84.0 Å². The molecular formula is C10H17N3O. The third kappa shape index (κ3) is 1.80. The second-order valence-electron chi connectivity index (χ2n) is 4.20. The van der Waals surface area contributed by atoms with Crippen molar-refractivity contribution in [1.29, 1.82) is 0 Å². The van der Waals surface area contributed by atoms with Gasteiger partial charge in [-0.1, -0.05) is 19.8 Å². The van der Waals surface area contributed by atoms with E-state index in [1.807, 2.05) is 4.68 Å². The van der Waals surface area contributed by atoms with Crippen LogP contribution >= 0.6 is 0 Å². The molecule has 1 aromatic heterocycles. The van der Waals surface area contributed by atoms with Crippen LogP contribution < -0.4 is 0 Å². The van der Waals surface area contributed by atoms with Gasteiger partial charge in [-0.15, -0.1) is 0 Å². The minimum atomic E-state index is -0.00905. The Bertz CT molecular complexity index is 297. The second-order valence-corrected chi connectivity index (χ2v) is 4.20. The van der Waals surface area contributed by atoms with Gasteiger partial charge >= 0.3 is 0 Å².